The van der Waals surface area contributed by atoms with Crippen LogP contribution in [0.15, 0.2) is 24.3 Å². The van der Waals surface area contributed by atoms with Gasteiger partial charge in [-0.3, -0.25) is 0 Å². The molecule has 0 bridgehead atoms. The molecule has 1 aromatic carbocycles. The van der Waals surface area contributed by atoms with Crippen LogP contribution in [-0.2, 0) is 5.88 Å². The Morgan fingerprint density at radius 2 is 1.94 bits per heavy atom. The van der Waals surface area contributed by atoms with Gasteiger partial charge in [-0.05, 0) is 6.07 Å². The van der Waals surface area contributed by atoms with E-state index in [4.69, 9.17) is 22.1 Å². The molecule has 0 aliphatic rings. The summed E-state index contributed by atoms with van der Waals surface area (Å²) >= 11 is 5.84. The highest BCUT2D eigenvalue weighted by Crippen LogP contribution is 2.28. The van der Waals surface area contributed by atoms with E-state index in [-0.39, 0.29) is 6.54 Å². The van der Waals surface area contributed by atoms with E-state index >= 15 is 0 Å². The van der Waals surface area contributed by atoms with Gasteiger partial charge in [0.2, 0.25) is 0 Å². The lowest BCUT2D eigenvalue weighted by molar-refractivity contribution is -0.0641. The van der Waals surface area contributed by atoms with Gasteiger partial charge in [0.15, 0.2) is 5.41 Å². The molecule has 5 heteroatoms. The Morgan fingerprint density at radius 3 is 2.41 bits per heavy atom. The van der Waals surface area contributed by atoms with Crippen molar-refractivity contribution in [3.63, 3.8) is 0 Å². The van der Waals surface area contributed by atoms with Crippen molar-refractivity contribution in [1.82, 2.24) is 0 Å². The first kappa shape index (κ1) is 14.5. The number of aliphatic hydroxyl groups is 1. The molecule has 17 heavy (non-hydrogen) atoms. The van der Waals surface area contributed by atoms with Gasteiger partial charge in [0.05, 0.1) is 12.4 Å². The molecule has 0 aliphatic carbocycles. The molecule has 0 radical (unpaired) electrons. The number of alkyl halides is 1. The fraction of sp³-hybridized carbons (Fsp3) is 0.500. The molecule has 0 aliphatic heterocycles. The topological polar surface area (TPSA) is 55.5 Å². The predicted molar refractivity (Wildman–Crippen MR) is 74.0 cm³/mol. The molecule has 1 atom stereocenters. The highest BCUT2D eigenvalue weighted by atomic mass is 35.5. The first-order chi connectivity index (χ1) is 7.84. The van der Waals surface area contributed by atoms with Gasteiger partial charge in [-0.25, -0.2) is 0 Å². The van der Waals surface area contributed by atoms with Crippen LogP contribution in [0.5, 0.6) is 5.75 Å². The monoisotopic (exact) mass is 273 g/mol. The molecule has 0 saturated heterocycles. The van der Waals surface area contributed by atoms with E-state index in [0.717, 1.165) is 5.56 Å². The molecule has 0 heterocycles. The maximum absolute atomic E-state index is 10.5. The molecule has 96 valence electrons. The third kappa shape index (κ3) is 3.22. The van der Waals surface area contributed by atoms with Crippen molar-refractivity contribution in [3.05, 3.63) is 29.8 Å². The number of halogens is 1. The lowest BCUT2D eigenvalue weighted by atomic mass is 10.2. The summed E-state index contributed by atoms with van der Waals surface area (Å²) in [5.74, 6) is 0.959. The van der Waals surface area contributed by atoms with E-state index in [1.165, 1.54) is 0 Å². The van der Waals surface area contributed by atoms with E-state index in [1.54, 1.807) is 6.07 Å². The summed E-state index contributed by atoms with van der Waals surface area (Å²) < 4.78 is 5.75. The van der Waals surface area contributed by atoms with Crippen molar-refractivity contribution in [1.29, 1.82) is 0 Å². The molecule has 3 N–H and O–H groups in total. The molecule has 0 spiro atoms. The average molecular weight is 274 g/mol. The fourth-order valence-corrected chi connectivity index (χ4v) is 2.65. The largest absolute Gasteiger partial charge is 0.465 e. The van der Waals surface area contributed by atoms with Crippen molar-refractivity contribution in [2.75, 3.05) is 6.54 Å². The molecular formula is C12H20ClNO2Si. The van der Waals surface area contributed by atoms with Crippen molar-refractivity contribution in [2.24, 2.45) is 5.73 Å². The van der Waals surface area contributed by atoms with Gasteiger partial charge in [-0.15, -0.1) is 11.6 Å². The van der Waals surface area contributed by atoms with Crippen LogP contribution >= 0.6 is 11.6 Å². The Hall–Kier alpha value is -0.553. The van der Waals surface area contributed by atoms with Gasteiger partial charge in [-0.2, -0.15) is 0 Å². The second-order valence-electron chi connectivity index (χ2n) is 5.08. The minimum atomic E-state index is -1.96. The summed E-state index contributed by atoms with van der Waals surface area (Å²) in [4.78, 5) is 0. The Morgan fingerprint density at radius 1 is 1.35 bits per heavy atom. The number of hydrogen-bond acceptors (Lipinski definition) is 3. The number of hydrogen-bond donors (Lipinski definition) is 2. The molecule has 0 saturated carbocycles. The van der Waals surface area contributed by atoms with E-state index in [1.807, 2.05) is 37.8 Å². The van der Waals surface area contributed by atoms with Crippen LogP contribution in [-0.4, -0.2) is 25.1 Å². The second kappa shape index (κ2) is 5.39. The fourth-order valence-electron chi connectivity index (χ4n) is 1.40. The molecule has 1 aromatic rings. The van der Waals surface area contributed by atoms with E-state index in [0.29, 0.717) is 11.6 Å². The zero-order valence-corrected chi connectivity index (χ0v) is 12.3. The molecule has 0 amide bonds. The van der Waals surface area contributed by atoms with Gasteiger partial charge in [0.1, 0.15) is 13.8 Å². The van der Waals surface area contributed by atoms with Crippen molar-refractivity contribution >= 4 is 19.7 Å². The molecule has 3 nitrogen and oxygen atoms in total. The van der Waals surface area contributed by atoms with E-state index in [9.17, 15) is 5.11 Å². The molecule has 1 rings (SSSR count). The highest BCUT2D eigenvalue weighted by molar-refractivity contribution is 6.78. The van der Waals surface area contributed by atoms with Gasteiger partial charge in [-0.1, -0.05) is 37.8 Å². The van der Waals surface area contributed by atoms with Gasteiger partial charge >= 0.3 is 0 Å². The zero-order valence-electron chi connectivity index (χ0n) is 10.5. The first-order valence-corrected chi connectivity index (χ1v) is 9.63. The smallest absolute Gasteiger partial charge is 0.199 e. The summed E-state index contributed by atoms with van der Waals surface area (Å²) in [6, 6.07) is 7.43. The van der Waals surface area contributed by atoms with Crippen LogP contribution in [0.1, 0.15) is 5.56 Å². The lowest BCUT2D eigenvalue weighted by Gasteiger charge is -2.38. The second-order valence-corrected chi connectivity index (χ2v) is 10.6. The number of nitrogens with two attached hydrogens (primary N) is 1. The van der Waals surface area contributed by atoms with Crippen LogP contribution in [0.25, 0.3) is 0 Å². The minimum Gasteiger partial charge on any atom is -0.465 e. The van der Waals surface area contributed by atoms with Gasteiger partial charge in [0, 0.05) is 5.56 Å². The Bertz CT molecular complexity index is 381. The summed E-state index contributed by atoms with van der Waals surface area (Å²) in [7, 11) is -1.96. The maximum atomic E-state index is 10.5. The SMILES string of the molecule is C[Si](C)(C)[C@@](O)(CN)Oc1ccccc1CCl. The highest BCUT2D eigenvalue weighted by Gasteiger charge is 2.43. The average Bonchev–Trinajstić information content (AvgIpc) is 2.28. The van der Waals surface area contributed by atoms with Crippen molar-refractivity contribution < 1.29 is 9.84 Å². The van der Waals surface area contributed by atoms with Crippen molar-refractivity contribution in [2.45, 2.75) is 30.9 Å². The van der Waals surface area contributed by atoms with E-state index < -0.39 is 13.5 Å². The first-order valence-electron chi connectivity index (χ1n) is 5.59. The Labute approximate surface area is 109 Å². The molecule has 0 aromatic heterocycles. The number of ether oxygens (including phenoxy) is 1. The van der Waals surface area contributed by atoms with Crippen LogP contribution in [0.2, 0.25) is 19.6 Å². The van der Waals surface area contributed by atoms with Gasteiger partial charge in [0.25, 0.3) is 0 Å². The summed E-state index contributed by atoms with van der Waals surface area (Å²) in [5, 5.41) is 10.5. The quantitative estimate of drug-likeness (QED) is 0.492. The summed E-state index contributed by atoms with van der Waals surface area (Å²) in [5.41, 5.74) is 5.25. The molecule has 0 fully saturated rings. The Balaban J connectivity index is 3.03. The van der Waals surface area contributed by atoms with Crippen LogP contribution in [0.4, 0.5) is 0 Å². The number of benzene rings is 1. The molecular weight excluding hydrogens is 254 g/mol. The van der Waals surface area contributed by atoms with Crippen molar-refractivity contribution in [3.8, 4) is 5.75 Å². The minimum absolute atomic E-state index is 0.0827. The van der Waals surface area contributed by atoms with Gasteiger partial charge < -0.3 is 15.6 Å². The van der Waals surface area contributed by atoms with Crippen LogP contribution < -0.4 is 10.5 Å². The summed E-state index contributed by atoms with van der Waals surface area (Å²) in [6.07, 6.45) is 0. The third-order valence-corrected chi connectivity index (χ3v) is 5.78. The standard InChI is InChI=1S/C12H20ClNO2Si/c1-17(2,3)12(15,9-14)16-11-7-5-4-6-10(11)8-13/h4-7,15H,8-9,14H2,1-3H3/t12-/m1/s1. The normalized spacial score (nSPS) is 15.4. The third-order valence-electron chi connectivity index (χ3n) is 2.84. The maximum Gasteiger partial charge on any atom is 0.199 e. The summed E-state index contributed by atoms with van der Waals surface area (Å²) in [6.45, 7) is 6.13. The lowest BCUT2D eigenvalue weighted by Crippen LogP contribution is -2.61. The Kier molecular flexibility index (Phi) is 4.60. The zero-order chi connectivity index (χ0) is 13.1. The predicted octanol–water partition coefficient (Wildman–Crippen LogP) is 2.33. The van der Waals surface area contributed by atoms with E-state index in [2.05, 4.69) is 0 Å². The molecule has 0 unspecified atom stereocenters. The van der Waals surface area contributed by atoms with Crippen LogP contribution in [0.3, 0.4) is 0 Å². The van der Waals surface area contributed by atoms with Crippen LogP contribution in [0, 0.1) is 0 Å². The number of rotatable bonds is 5. The number of para-hydroxylation sites is 1.